The van der Waals surface area contributed by atoms with Crippen LogP contribution in [0.5, 0.6) is 0 Å². The fraction of sp³-hybridized carbons (Fsp3) is 0.833. The number of aliphatic hydroxyl groups is 1. The zero-order valence-electron chi connectivity index (χ0n) is 6.22. The smallest absolute Gasteiger partial charge is 0.346 e. The highest BCUT2D eigenvalue weighted by molar-refractivity contribution is 9.09. The number of rotatable bonds is 1. The molecule has 10 heavy (non-hydrogen) atoms. The summed E-state index contributed by atoms with van der Waals surface area (Å²) in [6.45, 7) is 5.21. The molecule has 0 spiro atoms. The van der Waals surface area contributed by atoms with Crippen LogP contribution in [0, 0.1) is 0 Å². The highest BCUT2D eigenvalue weighted by Gasteiger charge is 2.20. The third-order valence-electron chi connectivity index (χ3n) is 0.601. The van der Waals surface area contributed by atoms with Crippen LogP contribution in [0.2, 0.25) is 0 Å². The van der Waals surface area contributed by atoms with Crippen molar-refractivity contribution >= 4 is 21.9 Å². The fourth-order valence-electron chi connectivity index (χ4n) is 0.350. The van der Waals surface area contributed by atoms with E-state index in [0.29, 0.717) is 0 Å². The van der Waals surface area contributed by atoms with Crippen molar-refractivity contribution in [1.29, 1.82) is 0 Å². The molecule has 0 heterocycles. The van der Waals surface area contributed by atoms with Gasteiger partial charge in [0.2, 0.25) is 5.01 Å². The van der Waals surface area contributed by atoms with Crippen LogP contribution in [0.1, 0.15) is 20.8 Å². The van der Waals surface area contributed by atoms with Crippen molar-refractivity contribution in [3.8, 4) is 0 Å². The van der Waals surface area contributed by atoms with Crippen molar-refractivity contribution < 1.29 is 14.6 Å². The predicted octanol–water partition coefficient (Wildman–Crippen LogP) is 1.04. The zero-order chi connectivity index (χ0) is 8.36. The van der Waals surface area contributed by atoms with Gasteiger partial charge in [-0.3, -0.25) is 0 Å². The summed E-state index contributed by atoms with van der Waals surface area (Å²) in [6, 6.07) is 0. The number of hydrogen-bond acceptors (Lipinski definition) is 3. The standard InChI is InChI=1S/C6H11BrO3/c1-6(2,3)10-5(9)4(7)8/h4,8H,1-3H3. The second-order valence-corrected chi connectivity index (χ2v) is 3.74. The van der Waals surface area contributed by atoms with E-state index < -0.39 is 16.6 Å². The molecule has 0 radical (unpaired) electrons. The molecule has 1 atom stereocenters. The lowest BCUT2D eigenvalue weighted by Gasteiger charge is -2.19. The number of esters is 1. The van der Waals surface area contributed by atoms with Crippen LogP contribution in [0.25, 0.3) is 0 Å². The summed E-state index contributed by atoms with van der Waals surface area (Å²) in [5, 5.41) is 7.41. The average Bonchev–Trinajstić information content (AvgIpc) is 1.60. The summed E-state index contributed by atoms with van der Waals surface area (Å²) >= 11 is 2.67. The Hall–Kier alpha value is -0.0900. The molecule has 1 unspecified atom stereocenters. The first-order chi connectivity index (χ1) is 4.33. The molecule has 0 saturated heterocycles. The van der Waals surface area contributed by atoms with E-state index in [2.05, 4.69) is 15.9 Å². The van der Waals surface area contributed by atoms with Gasteiger partial charge in [0.1, 0.15) is 5.60 Å². The van der Waals surface area contributed by atoms with Gasteiger partial charge in [-0.2, -0.15) is 0 Å². The molecule has 0 amide bonds. The van der Waals surface area contributed by atoms with E-state index in [4.69, 9.17) is 9.84 Å². The molecule has 1 N–H and O–H groups in total. The Balaban J connectivity index is 3.81. The third kappa shape index (κ3) is 4.76. The molecular weight excluding hydrogens is 200 g/mol. The molecular formula is C6H11BrO3. The molecule has 0 aliphatic heterocycles. The number of carbonyl (C=O) groups is 1. The van der Waals surface area contributed by atoms with Gasteiger partial charge in [-0.15, -0.1) is 0 Å². The van der Waals surface area contributed by atoms with E-state index in [1.165, 1.54) is 0 Å². The van der Waals surface area contributed by atoms with E-state index in [9.17, 15) is 4.79 Å². The maximum atomic E-state index is 10.6. The van der Waals surface area contributed by atoms with Crippen LogP contribution < -0.4 is 0 Å². The van der Waals surface area contributed by atoms with Crippen molar-refractivity contribution in [2.24, 2.45) is 0 Å². The minimum absolute atomic E-state index is 0.536. The summed E-state index contributed by atoms with van der Waals surface area (Å²) in [5.41, 5.74) is -0.536. The first-order valence-electron chi connectivity index (χ1n) is 2.88. The minimum Gasteiger partial charge on any atom is -0.457 e. The first kappa shape index (κ1) is 9.91. The van der Waals surface area contributed by atoms with Gasteiger partial charge in [0.15, 0.2) is 0 Å². The van der Waals surface area contributed by atoms with E-state index in [1.807, 2.05) is 0 Å². The van der Waals surface area contributed by atoms with Gasteiger partial charge in [-0.05, 0) is 36.7 Å². The topological polar surface area (TPSA) is 46.5 Å². The van der Waals surface area contributed by atoms with E-state index in [-0.39, 0.29) is 0 Å². The summed E-state index contributed by atoms with van der Waals surface area (Å²) in [6.07, 6.45) is 0. The molecule has 3 nitrogen and oxygen atoms in total. The maximum absolute atomic E-state index is 10.6. The van der Waals surface area contributed by atoms with Crippen LogP contribution in [-0.2, 0) is 9.53 Å². The summed E-state index contributed by atoms with van der Waals surface area (Å²) in [4.78, 5) is 10.6. The second kappa shape index (κ2) is 3.34. The molecule has 0 saturated carbocycles. The molecule has 4 heteroatoms. The Bertz CT molecular complexity index is 125. The Morgan fingerprint density at radius 2 is 2.00 bits per heavy atom. The zero-order valence-corrected chi connectivity index (χ0v) is 7.81. The van der Waals surface area contributed by atoms with Crippen molar-refractivity contribution in [3.63, 3.8) is 0 Å². The predicted molar refractivity (Wildman–Crippen MR) is 40.8 cm³/mol. The van der Waals surface area contributed by atoms with Gasteiger partial charge in [0.25, 0.3) is 0 Å². The number of hydrogen-bond donors (Lipinski definition) is 1. The summed E-state index contributed by atoms with van der Waals surface area (Å²) < 4.78 is 4.76. The van der Waals surface area contributed by atoms with E-state index in [0.717, 1.165) is 0 Å². The Labute approximate surface area is 68.5 Å². The lowest BCUT2D eigenvalue weighted by molar-refractivity contribution is -0.159. The molecule has 0 bridgehead atoms. The Kier molecular flexibility index (Phi) is 3.31. The Morgan fingerprint density at radius 1 is 1.60 bits per heavy atom. The number of carbonyl (C=O) groups excluding carboxylic acids is 1. The van der Waals surface area contributed by atoms with Crippen LogP contribution in [0.4, 0.5) is 0 Å². The van der Waals surface area contributed by atoms with Gasteiger partial charge in [-0.1, -0.05) is 0 Å². The van der Waals surface area contributed by atoms with Crippen LogP contribution >= 0.6 is 15.9 Å². The molecule has 0 aromatic carbocycles. The average molecular weight is 211 g/mol. The molecule has 0 aromatic heterocycles. The molecule has 0 aliphatic carbocycles. The van der Waals surface area contributed by atoms with E-state index in [1.54, 1.807) is 20.8 Å². The van der Waals surface area contributed by atoms with Crippen molar-refractivity contribution in [3.05, 3.63) is 0 Å². The van der Waals surface area contributed by atoms with Gasteiger partial charge in [-0.25, -0.2) is 4.79 Å². The molecule has 0 fully saturated rings. The minimum atomic E-state index is -1.22. The van der Waals surface area contributed by atoms with Crippen LogP contribution in [0.15, 0.2) is 0 Å². The van der Waals surface area contributed by atoms with Crippen molar-refractivity contribution in [2.75, 3.05) is 0 Å². The van der Waals surface area contributed by atoms with Gasteiger partial charge in [0.05, 0.1) is 0 Å². The van der Waals surface area contributed by atoms with E-state index >= 15 is 0 Å². The number of halogens is 1. The van der Waals surface area contributed by atoms with Crippen LogP contribution in [0.3, 0.4) is 0 Å². The second-order valence-electron chi connectivity index (χ2n) is 2.87. The summed E-state index contributed by atoms with van der Waals surface area (Å²) in [5.74, 6) is -0.660. The number of ether oxygens (including phenoxy) is 1. The SMILES string of the molecule is CC(C)(C)OC(=O)C(O)Br. The highest BCUT2D eigenvalue weighted by Crippen LogP contribution is 2.09. The lowest BCUT2D eigenvalue weighted by Crippen LogP contribution is -2.28. The molecule has 60 valence electrons. The largest absolute Gasteiger partial charge is 0.457 e. The van der Waals surface area contributed by atoms with Crippen molar-refractivity contribution in [1.82, 2.24) is 0 Å². The fourth-order valence-corrected chi connectivity index (χ4v) is 0.444. The lowest BCUT2D eigenvalue weighted by atomic mass is 10.2. The molecule has 0 rings (SSSR count). The van der Waals surface area contributed by atoms with Gasteiger partial charge >= 0.3 is 5.97 Å². The van der Waals surface area contributed by atoms with Crippen LogP contribution in [-0.4, -0.2) is 21.7 Å². The van der Waals surface area contributed by atoms with Gasteiger partial charge in [0, 0.05) is 0 Å². The normalized spacial score (nSPS) is 14.5. The molecule has 0 aliphatic rings. The maximum Gasteiger partial charge on any atom is 0.346 e. The van der Waals surface area contributed by atoms with Gasteiger partial charge < -0.3 is 9.84 Å². The number of alkyl halides is 1. The quantitative estimate of drug-likeness (QED) is 0.520. The monoisotopic (exact) mass is 210 g/mol. The highest BCUT2D eigenvalue weighted by atomic mass is 79.9. The molecule has 0 aromatic rings. The third-order valence-corrected chi connectivity index (χ3v) is 0.975. The van der Waals surface area contributed by atoms with Crippen molar-refractivity contribution in [2.45, 2.75) is 31.4 Å². The summed E-state index contributed by atoms with van der Waals surface area (Å²) in [7, 11) is 0. The number of aliphatic hydroxyl groups excluding tert-OH is 1. The first-order valence-corrected chi connectivity index (χ1v) is 3.79. The Morgan fingerprint density at radius 3 is 2.10 bits per heavy atom.